The summed E-state index contributed by atoms with van der Waals surface area (Å²) in [5, 5.41) is 0. The normalized spacial score (nSPS) is 37.4. The third-order valence-electron chi connectivity index (χ3n) is 3.15. The van der Waals surface area contributed by atoms with Gasteiger partial charge in [0.2, 0.25) is 0 Å². The number of allylic oxidation sites excluding steroid dienone is 2. The van der Waals surface area contributed by atoms with E-state index in [0.29, 0.717) is 0 Å². The van der Waals surface area contributed by atoms with Crippen LogP contribution in [0.15, 0.2) is 11.6 Å². The quantitative estimate of drug-likeness (QED) is 0.474. The lowest BCUT2D eigenvalue weighted by molar-refractivity contribution is 0.419. The third-order valence-corrected chi connectivity index (χ3v) is 3.15. The Morgan fingerprint density at radius 2 is 2.00 bits per heavy atom. The van der Waals surface area contributed by atoms with Gasteiger partial charge in [-0.15, -0.1) is 0 Å². The van der Waals surface area contributed by atoms with E-state index in [1.165, 1.54) is 32.1 Å². The summed E-state index contributed by atoms with van der Waals surface area (Å²) in [6.07, 6.45) is 9.41. The molecule has 0 radical (unpaired) electrons. The Labute approximate surface area is 77.1 Å². The van der Waals surface area contributed by atoms with E-state index < -0.39 is 0 Å². The van der Waals surface area contributed by atoms with E-state index in [-0.39, 0.29) is 0 Å². The second-order valence-corrected chi connectivity index (χ2v) is 4.47. The highest BCUT2D eigenvalue weighted by atomic mass is 14.2. The molecule has 1 rings (SSSR count). The van der Waals surface area contributed by atoms with Crippen LogP contribution < -0.4 is 0 Å². The summed E-state index contributed by atoms with van der Waals surface area (Å²) >= 11 is 0. The molecular formula is C12H22. The van der Waals surface area contributed by atoms with Gasteiger partial charge in [0.25, 0.3) is 0 Å². The van der Waals surface area contributed by atoms with Crippen molar-refractivity contribution in [2.24, 2.45) is 11.8 Å². The molecular weight excluding hydrogens is 144 g/mol. The zero-order valence-electron chi connectivity index (χ0n) is 8.77. The van der Waals surface area contributed by atoms with E-state index in [9.17, 15) is 0 Å². The highest BCUT2D eigenvalue weighted by Crippen LogP contribution is 2.25. The van der Waals surface area contributed by atoms with Crippen molar-refractivity contribution in [2.75, 3.05) is 0 Å². The van der Waals surface area contributed by atoms with Gasteiger partial charge < -0.3 is 0 Å². The summed E-state index contributed by atoms with van der Waals surface area (Å²) in [6, 6.07) is 0. The summed E-state index contributed by atoms with van der Waals surface area (Å²) in [7, 11) is 0. The van der Waals surface area contributed by atoms with E-state index in [4.69, 9.17) is 0 Å². The van der Waals surface area contributed by atoms with Crippen molar-refractivity contribution in [2.45, 2.75) is 52.9 Å². The predicted octanol–water partition coefficient (Wildman–Crippen LogP) is 4.17. The first-order chi connectivity index (χ1) is 5.70. The molecule has 0 aromatic heterocycles. The molecule has 70 valence electrons. The minimum atomic E-state index is 0.818. The van der Waals surface area contributed by atoms with Crippen LogP contribution in [0, 0.1) is 11.8 Å². The van der Waals surface area contributed by atoms with Gasteiger partial charge in [0, 0.05) is 0 Å². The highest BCUT2D eigenvalue weighted by molar-refractivity contribution is 5.02. The fraction of sp³-hybridized carbons (Fsp3) is 0.833. The second kappa shape index (κ2) is 4.69. The predicted molar refractivity (Wildman–Crippen MR) is 55.2 cm³/mol. The summed E-state index contributed by atoms with van der Waals surface area (Å²) in [6.45, 7) is 7.06. The lowest BCUT2D eigenvalue weighted by atomic mass is 9.90. The smallest absolute Gasteiger partial charge is 0.0232 e. The molecule has 0 saturated heterocycles. The molecule has 0 aromatic carbocycles. The molecule has 0 N–H and O–H groups in total. The largest absolute Gasteiger partial charge is 0.0853 e. The lowest BCUT2D eigenvalue weighted by Gasteiger charge is -2.16. The zero-order valence-corrected chi connectivity index (χ0v) is 8.77. The first kappa shape index (κ1) is 9.83. The Morgan fingerprint density at radius 3 is 2.75 bits per heavy atom. The first-order valence-corrected chi connectivity index (χ1v) is 5.37. The molecule has 0 aliphatic heterocycles. The summed E-state index contributed by atoms with van der Waals surface area (Å²) in [4.78, 5) is 0. The molecule has 0 amide bonds. The second-order valence-electron chi connectivity index (χ2n) is 4.47. The van der Waals surface area contributed by atoms with E-state index in [1.54, 1.807) is 5.57 Å². The van der Waals surface area contributed by atoms with Gasteiger partial charge in [-0.2, -0.15) is 0 Å². The van der Waals surface area contributed by atoms with Crippen LogP contribution in [0.1, 0.15) is 52.9 Å². The van der Waals surface area contributed by atoms with Crippen molar-refractivity contribution in [3.63, 3.8) is 0 Å². The molecule has 0 spiro atoms. The van der Waals surface area contributed by atoms with Crippen LogP contribution in [0.3, 0.4) is 0 Å². The van der Waals surface area contributed by atoms with Crippen LogP contribution in [0.25, 0.3) is 0 Å². The summed E-state index contributed by atoms with van der Waals surface area (Å²) in [5.41, 5.74) is 1.61. The number of hydrogen-bond acceptors (Lipinski definition) is 0. The molecule has 0 fully saturated rings. The Kier molecular flexibility index (Phi) is 3.84. The van der Waals surface area contributed by atoms with Gasteiger partial charge >= 0.3 is 0 Å². The molecule has 0 bridgehead atoms. The van der Waals surface area contributed by atoms with E-state index in [2.05, 4.69) is 26.8 Å². The highest BCUT2D eigenvalue weighted by Gasteiger charge is 2.11. The molecule has 2 atom stereocenters. The molecule has 0 heteroatoms. The van der Waals surface area contributed by atoms with E-state index >= 15 is 0 Å². The molecule has 2 unspecified atom stereocenters. The molecule has 0 nitrogen and oxygen atoms in total. The lowest BCUT2D eigenvalue weighted by Crippen LogP contribution is -2.03. The molecule has 12 heavy (non-hydrogen) atoms. The molecule has 0 saturated carbocycles. The van der Waals surface area contributed by atoms with Gasteiger partial charge in [0.05, 0.1) is 0 Å². The van der Waals surface area contributed by atoms with Gasteiger partial charge in [0.15, 0.2) is 0 Å². The SMILES string of the molecule is C/C1=C/CCCCC(C)CC1C. The van der Waals surface area contributed by atoms with Gasteiger partial charge in [-0.25, -0.2) is 0 Å². The maximum Gasteiger partial charge on any atom is -0.0232 e. The summed E-state index contributed by atoms with van der Waals surface area (Å²) < 4.78 is 0. The van der Waals surface area contributed by atoms with Crippen LogP contribution in [0.2, 0.25) is 0 Å². The topological polar surface area (TPSA) is 0 Å². The molecule has 0 heterocycles. The van der Waals surface area contributed by atoms with Crippen molar-refractivity contribution in [1.82, 2.24) is 0 Å². The average molecular weight is 166 g/mol. The van der Waals surface area contributed by atoms with Gasteiger partial charge in [-0.3, -0.25) is 0 Å². The van der Waals surface area contributed by atoms with Crippen LogP contribution in [-0.4, -0.2) is 0 Å². The molecule has 0 aromatic rings. The Morgan fingerprint density at radius 1 is 1.25 bits per heavy atom. The van der Waals surface area contributed by atoms with Crippen LogP contribution >= 0.6 is 0 Å². The van der Waals surface area contributed by atoms with Crippen molar-refractivity contribution >= 4 is 0 Å². The van der Waals surface area contributed by atoms with Gasteiger partial charge in [0.1, 0.15) is 0 Å². The zero-order chi connectivity index (χ0) is 8.97. The van der Waals surface area contributed by atoms with Crippen molar-refractivity contribution in [1.29, 1.82) is 0 Å². The maximum absolute atomic E-state index is 2.45. The monoisotopic (exact) mass is 166 g/mol. The van der Waals surface area contributed by atoms with Crippen LogP contribution in [0.4, 0.5) is 0 Å². The van der Waals surface area contributed by atoms with Crippen molar-refractivity contribution < 1.29 is 0 Å². The Bertz CT molecular complexity index is 155. The average Bonchev–Trinajstić information content (AvgIpc) is 2.07. The minimum Gasteiger partial charge on any atom is -0.0853 e. The first-order valence-electron chi connectivity index (χ1n) is 5.37. The van der Waals surface area contributed by atoms with Gasteiger partial charge in [-0.1, -0.05) is 38.3 Å². The van der Waals surface area contributed by atoms with Crippen molar-refractivity contribution in [3.05, 3.63) is 11.6 Å². The van der Waals surface area contributed by atoms with Crippen LogP contribution in [-0.2, 0) is 0 Å². The standard InChI is InChI=1S/C12H22/c1-10-7-5-4-6-8-11(2)12(3)9-10/h8,10,12H,4-7,9H2,1-3H3/b11-8-. The fourth-order valence-electron chi connectivity index (χ4n) is 2.08. The molecule has 1 aliphatic rings. The third kappa shape index (κ3) is 3.00. The van der Waals surface area contributed by atoms with E-state index in [1.807, 2.05) is 0 Å². The number of rotatable bonds is 0. The Balaban J connectivity index is 2.53. The van der Waals surface area contributed by atoms with Crippen molar-refractivity contribution in [3.8, 4) is 0 Å². The molecule has 1 aliphatic carbocycles. The fourth-order valence-corrected chi connectivity index (χ4v) is 2.08. The number of hydrogen-bond donors (Lipinski definition) is 0. The maximum atomic E-state index is 2.45. The Hall–Kier alpha value is -0.260. The minimum absolute atomic E-state index is 0.818. The summed E-state index contributed by atoms with van der Waals surface area (Å²) in [5.74, 6) is 1.75. The van der Waals surface area contributed by atoms with Crippen LogP contribution in [0.5, 0.6) is 0 Å². The van der Waals surface area contributed by atoms with E-state index in [0.717, 1.165) is 11.8 Å². The van der Waals surface area contributed by atoms with Gasteiger partial charge in [-0.05, 0) is 38.0 Å².